The Balaban J connectivity index is 1.67. The van der Waals surface area contributed by atoms with Gasteiger partial charge in [0.2, 0.25) is 0 Å². The number of likely N-dealkylation sites (N-methyl/N-ethyl adjacent to an activating group) is 1. The Morgan fingerprint density at radius 1 is 1.24 bits per heavy atom. The third-order valence-electron chi connectivity index (χ3n) is 4.20. The Kier molecular flexibility index (Phi) is 5.26. The summed E-state index contributed by atoms with van der Waals surface area (Å²) in [7, 11) is 2.26. The van der Waals surface area contributed by atoms with Crippen LogP contribution in [0.2, 0.25) is 0 Å². The maximum atomic E-state index is 3.62. The lowest BCUT2D eigenvalue weighted by Gasteiger charge is -2.30. The lowest BCUT2D eigenvalue weighted by molar-refractivity contribution is 0.184. The third kappa shape index (κ3) is 4.57. The van der Waals surface area contributed by atoms with Crippen molar-refractivity contribution in [3.05, 3.63) is 0 Å². The van der Waals surface area contributed by atoms with Gasteiger partial charge in [0.05, 0.1) is 0 Å². The van der Waals surface area contributed by atoms with E-state index in [4.69, 9.17) is 0 Å². The molecule has 3 heteroatoms. The highest BCUT2D eigenvalue weighted by Gasteiger charge is 2.22. The molecule has 0 aromatic heterocycles. The summed E-state index contributed by atoms with van der Waals surface area (Å²) in [6.07, 6.45) is 5.53. The van der Waals surface area contributed by atoms with Gasteiger partial charge < -0.3 is 10.2 Å². The van der Waals surface area contributed by atoms with Gasteiger partial charge in [-0.3, -0.25) is 4.90 Å². The lowest BCUT2D eigenvalue weighted by atomic mass is 10.2. The summed E-state index contributed by atoms with van der Waals surface area (Å²) >= 11 is 0. The fourth-order valence-electron chi connectivity index (χ4n) is 2.83. The first kappa shape index (κ1) is 13.3. The highest BCUT2D eigenvalue weighted by Crippen LogP contribution is 2.27. The molecule has 2 rings (SSSR count). The molecule has 100 valence electrons. The number of nitrogens with one attached hydrogen (secondary N) is 1. The van der Waals surface area contributed by atoms with Crippen LogP contribution in [0, 0.1) is 5.92 Å². The van der Waals surface area contributed by atoms with Crippen molar-refractivity contribution in [2.45, 2.75) is 38.6 Å². The Hall–Kier alpha value is -0.120. The molecule has 1 unspecified atom stereocenters. The zero-order valence-electron chi connectivity index (χ0n) is 11.6. The maximum Gasteiger partial charge on any atom is 0.0220 e. The van der Waals surface area contributed by atoms with E-state index in [1.165, 1.54) is 65.0 Å². The fraction of sp³-hybridized carbons (Fsp3) is 1.00. The molecule has 0 bridgehead atoms. The van der Waals surface area contributed by atoms with Gasteiger partial charge in [0.1, 0.15) is 0 Å². The first-order valence-electron chi connectivity index (χ1n) is 7.43. The molecule has 0 radical (unpaired) electrons. The molecular formula is C14H29N3. The van der Waals surface area contributed by atoms with Crippen molar-refractivity contribution in [1.82, 2.24) is 15.1 Å². The predicted octanol–water partition coefficient (Wildman–Crippen LogP) is 1.40. The Labute approximate surface area is 107 Å². The number of hydrogen-bond acceptors (Lipinski definition) is 3. The predicted molar refractivity (Wildman–Crippen MR) is 73.4 cm³/mol. The van der Waals surface area contributed by atoms with Gasteiger partial charge in [0, 0.05) is 25.7 Å². The van der Waals surface area contributed by atoms with E-state index in [9.17, 15) is 0 Å². The molecular weight excluding hydrogens is 210 g/mol. The van der Waals surface area contributed by atoms with Crippen LogP contribution >= 0.6 is 0 Å². The van der Waals surface area contributed by atoms with Crippen molar-refractivity contribution in [2.24, 2.45) is 5.92 Å². The average molecular weight is 239 g/mol. The van der Waals surface area contributed by atoms with E-state index in [1.54, 1.807) is 0 Å². The summed E-state index contributed by atoms with van der Waals surface area (Å²) < 4.78 is 0. The van der Waals surface area contributed by atoms with Crippen LogP contribution in [-0.4, -0.2) is 62.2 Å². The molecule has 2 aliphatic rings. The summed E-state index contributed by atoms with van der Waals surface area (Å²) in [4.78, 5) is 5.19. The first-order chi connectivity index (χ1) is 8.29. The van der Waals surface area contributed by atoms with Crippen LogP contribution in [0.15, 0.2) is 0 Å². The van der Waals surface area contributed by atoms with Crippen molar-refractivity contribution in [3.63, 3.8) is 0 Å². The Morgan fingerprint density at radius 3 is 2.76 bits per heavy atom. The minimum Gasteiger partial charge on any atom is -0.315 e. The molecule has 1 aliphatic carbocycles. The SMILES string of the molecule is CCC1CN(C)CCCN1CCNCC1CC1. The van der Waals surface area contributed by atoms with Crippen molar-refractivity contribution < 1.29 is 0 Å². The van der Waals surface area contributed by atoms with Crippen LogP contribution in [0.5, 0.6) is 0 Å². The number of hydrogen-bond donors (Lipinski definition) is 1. The molecule has 0 spiro atoms. The van der Waals surface area contributed by atoms with Gasteiger partial charge in [-0.25, -0.2) is 0 Å². The van der Waals surface area contributed by atoms with E-state index in [-0.39, 0.29) is 0 Å². The molecule has 1 aliphatic heterocycles. The molecule has 1 atom stereocenters. The van der Waals surface area contributed by atoms with Gasteiger partial charge in [-0.05, 0) is 58.3 Å². The van der Waals surface area contributed by atoms with Gasteiger partial charge >= 0.3 is 0 Å². The highest BCUT2D eigenvalue weighted by atomic mass is 15.2. The molecule has 1 saturated heterocycles. The quantitative estimate of drug-likeness (QED) is 0.707. The summed E-state index contributed by atoms with van der Waals surface area (Å²) in [6, 6.07) is 0.769. The number of nitrogens with zero attached hydrogens (tertiary/aromatic N) is 2. The molecule has 0 aromatic rings. The zero-order chi connectivity index (χ0) is 12.1. The smallest absolute Gasteiger partial charge is 0.0220 e. The summed E-state index contributed by atoms with van der Waals surface area (Å²) in [5.74, 6) is 1.01. The van der Waals surface area contributed by atoms with E-state index < -0.39 is 0 Å². The summed E-state index contributed by atoms with van der Waals surface area (Å²) in [5.41, 5.74) is 0. The molecule has 0 aromatic carbocycles. The van der Waals surface area contributed by atoms with Gasteiger partial charge in [0.25, 0.3) is 0 Å². The summed E-state index contributed by atoms with van der Waals surface area (Å²) in [6.45, 7) is 9.80. The van der Waals surface area contributed by atoms with E-state index >= 15 is 0 Å². The van der Waals surface area contributed by atoms with Crippen LogP contribution in [0.25, 0.3) is 0 Å². The van der Waals surface area contributed by atoms with Crippen LogP contribution in [0.3, 0.4) is 0 Å². The monoisotopic (exact) mass is 239 g/mol. The highest BCUT2D eigenvalue weighted by molar-refractivity contribution is 4.79. The zero-order valence-corrected chi connectivity index (χ0v) is 11.6. The number of rotatable bonds is 6. The topological polar surface area (TPSA) is 18.5 Å². The maximum absolute atomic E-state index is 3.62. The van der Waals surface area contributed by atoms with Crippen molar-refractivity contribution in [3.8, 4) is 0 Å². The Bertz CT molecular complexity index is 216. The minimum absolute atomic E-state index is 0.769. The second-order valence-corrected chi connectivity index (χ2v) is 5.86. The van der Waals surface area contributed by atoms with Crippen molar-refractivity contribution >= 4 is 0 Å². The van der Waals surface area contributed by atoms with Crippen molar-refractivity contribution in [2.75, 3.05) is 46.3 Å². The molecule has 17 heavy (non-hydrogen) atoms. The second kappa shape index (κ2) is 6.72. The van der Waals surface area contributed by atoms with E-state index in [2.05, 4.69) is 29.1 Å². The van der Waals surface area contributed by atoms with Gasteiger partial charge in [-0.15, -0.1) is 0 Å². The van der Waals surface area contributed by atoms with Crippen LogP contribution in [0.4, 0.5) is 0 Å². The Morgan fingerprint density at radius 2 is 2.06 bits per heavy atom. The van der Waals surface area contributed by atoms with Crippen LogP contribution in [-0.2, 0) is 0 Å². The van der Waals surface area contributed by atoms with E-state index in [0.717, 1.165) is 12.0 Å². The molecule has 2 fully saturated rings. The fourth-order valence-corrected chi connectivity index (χ4v) is 2.83. The largest absolute Gasteiger partial charge is 0.315 e. The molecule has 3 nitrogen and oxygen atoms in total. The van der Waals surface area contributed by atoms with E-state index in [1.807, 2.05) is 0 Å². The average Bonchev–Trinajstić information content (AvgIpc) is 3.13. The van der Waals surface area contributed by atoms with E-state index in [0.29, 0.717) is 0 Å². The second-order valence-electron chi connectivity index (χ2n) is 5.86. The third-order valence-corrected chi connectivity index (χ3v) is 4.20. The van der Waals surface area contributed by atoms with Crippen LogP contribution < -0.4 is 5.32 Å². The molecule has 1 heterocycles. The van der Waals surface area contributed by atoms with Gasteiger partial charge in [-0.1, -0.05) is 6.92 Å². The van der Waals surface area contributed by atoms with Crippen LogP contribution in [0.1, 0.15) is 32.6 Å². The molecule has 1 saturated carbocycles. The lowest BCUT2D eigenvalue weighted by Crippen LogP contribution is -2.43. The van der Waals surface area contributed by atoms with Gasteiger partial charge in [-0.2, -0.15) is 0 Å². The molecule has 1 N–H and O–H groups in total. The summed E-state index contributed by atoms with van der Waals surface area (Å²) in [5, 5.41) is 3.62. The molecule has 0 amide bonds. The minimum atomic E-state index is 0.769. The normalized spacial score (nSPS) is 28.2. The van der Waals surface area contributed by atoms with Crippen molar-refractivity contribution in [1.29, 1.82) is 0 Å². The van der Waals surface area contributed by atoms with Gasteiger partial charge in [0.15, 0.2) is 0 Å². The standard InChI is InChI=1S/C14H29N3/c1-3-14-12-16(2)8-4-9-17(14)10-7-15-11-13-5-6-13/h13-15H,3-12H2,1-2H3. The first-order valence-corrected chi connectivity index (χ1v) is 7.43.